The van der Waals surface area contributed by atoms with Gasteiger partial charge in [-0.1, -0.05) is 48.3 Å². The number of nitrogens with zero attached hydrogens (tertiary/aromatic N) is 1. The summed E-state index contributed by atoms with van der Waals surface area (Å²) >= 11 is 6.49. The smallest absolute Gasteiger partial charge is 0.266 e. The van der Waals surface area contributed by atoms with Gasteiger partial charge < -0.3 is 14.8 Å². The third kappa shape index (κ3) is 5.28. The van der Waals surface area contributed by atoms with Crippen molar-refractivity contribution in [1.82, 2.24) is 4.90 Å². The van der Waals surface area contributed by atoms with Crippen LogP contribution in [0.1, 0.15) is 5.56 Å². The Morgan fingerprint density at radius 3 is 2.67 bits per heavy atom. The average molecular weight is 441 g/mol. The Hall–Kier alpha value is -3.10. The van der Waals surface area contributed by atoms with Crippen LogP contribution in [0.5, 0.6) is 11.5 Å². The highest BCUT2D eigenvalue weighted by Crippen LogP contribution is 2.34. The molecular formula is C22H20N2O4S2. The molecule has 0 saturated carbocycles. The van der Waals surface area contributed by atoms with E-state index >= 15 is 0 Å². The Bertz CT molecular complexity index is 1000. The summed E-state index contributed by atoms with van der Waals surface area (Å²) in [7, 11) is 1.58. The van der Waals surface area contributed by atoms with Crippen LogP contribution in [-0.4, -0.2) is 41.3 Å². The van der Waals surface area contributed by atoms with E-state index in [2.05, 4.69) is 11.9 Å². The van der Waals surface area contributed by atoms with Gasteiger partial charge in [0, 0.05) is 17.8 Å². The van der Waals surface area contributed by atoms with Crippen molar-refractivity contribution < 1.29 is 19.1 Å². The molecule has 2 amide bonds. The van der Waals surface area contributed by atoms with Crippen LogP contribution in [0.3, 0.4) is 0 Å². The maximum absolute atomic E-state index is 12.5. The lowest BCUT2D eigenvalue weighted by Gasteiger charge is -2.11. The van der Waals surface area contributed by atoms with Crippen LogP contribution in [0.2, 0.25) is 0 Å². The predicted molar refractivity (Wildman–Crippen MR) is 124 cm³/mol. The lowest BCUT2D eigenvalue weighted by atomic mass is 10.2. The van der Waals surface area contributed by atoms with E-state index in [1.807, 2.05) is 12.1 Å². The first-order valence-corrected chi connectivity index (χ1v) is 10.3. The molecule has 0 radical (unpaired) electrons. The quantitative estimate of drug-likeness (QED) is 0.379. The van der Waals surface area contributed by atoms with Gasteiger partial charge in [0.15, 0.2) is 6.61 Å². The van der Waals surface area contributed by atoms with Gasteiger partial charge in [-0.25, -0.2) is 0 Å². The lowest BCUT2D eigenvalue weighted by molar-refractivity contribution is -0.121. The molecule has 0 aromatic heterocycles. The Kier molecular flexibility index (Phi) is 7.26. The van der Waals surface area contributed by atoms with Crippen molar-refractivity contribution in [2.45, 2.75) is 0 Å². The summed E-state index contributed by atoms with van der Waals surface area (Å²) in [5, 5.41) is 2.76. The van der Waals surface area contributed by atoms with Gasteiger partial charge in [0.1, 0.15) is 15.8 Å². The molecule has 1 heterocycles. The summed E-state index contributed by atoms with van der Waals surface area (Å²) in [5.74, 6) is 0.734. The molecule has 1 aliphatic rings. The highest BCUT2D eigenvalue weighted by Gasteiger charge is 2.31. The fourth-order valence-corrected chi connectivity index (χ4v) is 3.94. The van der Waals surface area contributed by atoms with Crippen molar-refractivity contribution in [1.29, 1.82) is 0 Å². The largest absolute Gasteiger partial charge is 0.497 e. The van der Waals surface area contributed by atoms with E-state index in [9.17, 15) is 9.59 Å². The Labute approximate surface area is 184 Å². The number of benzene rings is 2. The Morgan fingerprint density at radius 2 is 1.97 bits per heavy atom. The Morgan fingerprint density at radius 1 is 1.23 bits per heavy atom. The molecule has 0 bridgehead atoms. The standard InChI is InChI=1S/C22H20N2O4S2/c1-3-12-24-21(26)19(30-22(24)29)13-15-6-4-5-7-18(15)28-14-20(25)23-16-8-10-17(27-2)11-9-16/h3-11,13H,1,12,14H2,2H3,(H,23,25)/b19-13-. The zero-order valence-corrected chi connectivity index (χ0v) is 17.9. The second-order valence-corrected chi connectivity index (χ2v) is 7.86. The fraction of sp³-hybridized carbons (Fsp3) is 0.136. The summed E-state index contributed by atoms with van der Waals surface area (Å²) in [6, 6.07) is 14.2. The van der Waals surface area contributed by atoms with Crippen molar-refractivity contribution in [3.63, 3.8) is 0 Å². The van der Waals surface area contributed by atoms with Crippen LogP contribution >= 0.6 is 24.0 Å². The molecule has 3 rings (SSSR count). The molecular weight excluding hydrogens is 420 g/mol. The first-order chi connectivity index (χ1) is 14.5. The van der Waals surface area contributed by atoms with E-state index in [1.165, 1.54) is 16.7 Å². The zero-order chi connectivity index (χ0) is 21.5. The van der Waals surface area contributed by atoms with Gasteiger partial charge in [0.2, 0.25) is 0 Å². The van der Waals surface area contributed by atoms with Crippen LogP contribution < -0.4 is 14.8 Å². The van der Waals surface area contributed by atoms with Crippen LogP contribution in [0.15, 0.2) is 66.1 Å². The number of nitrogens with one attached hydrogen (secondary N) is 1. The molecule has 6 nitrogen and oxygen atoms in total. The maximum Gasteiger partial charge on any atom is 0.266 e. The molecule has 0 aliphatic carbocycles. The van der Waals surface area contributed by atoms with Gasteiger partial charge >= 0.3 is 0 Å². The highest BCUT2D eigenvalue weighted by atomic mass is 32.2. The van der Waals surface area contributed by atoms with E-state index in [4.69, 9.17) is 21.7 Å². The molecule has 30 heavy (non-hydrogen) atoms. The summed E-state index contributed by atoms with van der Waals surface area (Å²) in [5.41, 5.74) is 1.33. The van der Waals surface area contributed by atoms with E-state index < -0.39 is 0 Å². The molecule has 1 aliphatic heterocycles. The molecule has 2 aromatic carbocycles. The van der Waals surface area contributed by atoms with Crippen LogP contribution in [0.25, 0.3) is 6.08 Å². The van der Waals surface area contributed by atoms with Crippen molar-refractivity contribution in [3.05, 3.63) is 71.7 Å². The Balaban J connectivity index is 1.66. The van der Waals surface area contributed by atoms with Gasteiger partial charge in [0.05, 0.1) is 12.0 Å². The summed E-state index contributed by atoms with van der Waals surface area (Å²) in [4.78, 5) is 26.7. The first kappa shape index (κ1) is 21.6. The SMILES string of the molecule is C=CCN1C(=O)/C(=C/c2ccccc2OCC(=O)Nc2ccc(OC)cc2)SC1=S. The number of hydrogen-bond acceptors (Lipinski definition) is 6. The molecule has 8 heteroatoms. The molecule has 1 N–H and O–H groups in total. The number of amides is 2. The monoisotopic (exact) mass is 440 g/mol. The average Bonchev–Trinajstić information content (AvgIpc) is 3.01. The maximum atomic E-state index is 12.5. The molecule has 1 fully saturated rings. The number of carbonyl (C=O) groups is 2. The second-order valence-electron chi connectivity index (χ2n) is 6.18. The minimum atomic E-state index is -0.299. The van der Waals surface area contributed by atoms with E-state index in [0.717, 1.165) is 0 Å². The van der Waals surface area contributed by atoms with E-state index in [0.29, 0.717) is 38.5 Å². The summed E-state index contributed by atoms with van der Waals surface area (Å²) in [6.07, 6.45) is 3.35. The van der Waals surface area contributed by atoms with Crippen molar-refractivity contribution in [3.8, 4) is 11.5 Å². The normalized spacial score (nSPS) is 14.7. The third-order valence-corrected chi connectivity index (χ3v) is 5.50. The summed E-state index contributed by atoms with van der Waals surface area (Å²) in [6.45, 7) is 3.84. The van der Waals surface area contributed by atoms with Crippen molar-refractivity contribution >= 4 is 51.9 Å². The number of thioether (sulfide) groups is 1. The number of ether oxygens (including phenoxy) is 2. The number of thiocarbonyl (C=S) groups is 1. The number of para-hydroxylation sites is 1. The van der Waals surface area contributed by atoms with Gasteiger partial charge in [-0.3, -0.25) is 14.5 Å². The topological polar surface area (TPSA) is 67.9 Å². The highest BCUT2D eigenvalue weighted by molar-refractivity contribution is 8.26. The fourth-order valence-electron chi connectivity index (χ4n) is 2.67. The number of rotatable bonds is 8. The number of anilines is 1. The first-order valence-electron chi connectivity index (χ1n) is 9.04. The number of hydrogen-bond donors (Lipinski definition) is 1. The van der Waals surface area contributed by atoms with Crippen LogP contribution in [-0.2, 0) is 9.59 Å². The lowest BCUT2D eigenvalue weighted by Crippen LogP contribution is -2.27. The summed E-state index contributed by atoms with van der Waals surface area (Å²) < 4.78 is 11.3. The second kappa shape index (κ2) is 10.1. The molecule has 0 spiro atoms. The minimum absolute atomic E-state index is 0.169. The third-order valence-electron chi connectivity index (χ3n) is 4.12. The van der Waals surface area contributed by atoms with Gasteiger partial charge in [-0.2, -0.15) is 0 Å². The molecule has 1 saturated heterocycles. The molecule has 0 atom stereocenters. The van der Waals surface area contributed by atoms with Crippen LogP contribution in [0, 0.1) is 0 Å². The minimum Gasteiger partial charge on any atom is -0.497 e. The van der Waals surface area contributed by atoms with Crippen molar-refractivity contribution in [2.24, 2.45) is 0 Å². The van der Waals surface area contributed by atoms with Gasteiger partial charge in [0.25, 0.3) is 11.8 Å². The zero-order valence-electron chi connectivity index (χ0n) is 16.3. The molecule has 0 unspecified atom stereocenters. The predicted octanol–water partition coefficient (Wildman–Crippen LogP) is 4.10. The van der Waals surface area contributed by atoms with E-state index in [1.54, 1.807) is 55.7 Å². The molecule has 2 aromatic rings. The van der Waals surface area contributed by atoms with E-state index in [-0.39, 0.29) is 18.4 Å². The number of carbonyl (C=O) groups excluding carboxylic acids is 2. The number of methoxy groups -OCH3 is 1. The molecule has 154 valence electrons. The van der Waals surface area contributed by atoms with Gasteiger partial charge in [-0.15, -0.1) is 6.58 Å². The van der Waals surface area contributed by atoms with Crippen molar-refractivity contribution in [2.75, 3.05) is 25.6 Å². The van der Waals surface area contributed by atoms with Crippen LogP contribution in [0.4, 0.5) is 5.69 Å². The van der Waals surface area contributed by atoms with Gasteiger partial charge in [-0.05, 0) is 36.4 Å².